The highest BCUT2D eigenvalue weighted by Gasteiger charge is 2.38. The van der Waals surface area contributed by atoms with Crippen LogP contribution in [0.3, 0.4) is 0 Å². The molecule has 0 amide bonds. The molecule has 0 aliphatic carbocycles. The minimum atomic E-state index is -5.08. The number of aliphatic hydroxyl groups is 1. The van der Waals surface area contributed by atoms with Gasteiger partial charge in [-0.15, -0.1) is 0 Å². The Morgan fingerprint density at radius 2 is 1.61 bits per heavy atom. The van der Waals surface area contributed by atoms with Crippen molar-refractivity contribution in [3.05, 3.63) is 70.4 Å². The molecule has 10 heteroatoms. The Morgan fingerprint density at radius 1 is 1.09 bits per heavy atom. The fourth-order valence-electron chi connectivity index (χ4n) is 3.17. The third-order valence-electron chi connectivity index (χ3n) is 5.03. The molecule has 1 fully saturated rings. The molecule has 1 aliphatic rings. The zero-order valence-electron chi connectivity index (χ0n) is 21.3. The topological polar surface area (TPSA) is 77.8 Å². The number of carboxylic acid groups (broad SMARTS) is 1. The standard InChI is InChI=1S/C21H23ClFNO2.C2HF3O2/c22-18-7-5-17(6-8-18)21(26)11-14-24(15-12-21)13-1-2-20(25)16-3-9-19(23)10-4-16;3-2(4,5)1(6)7/h3-10,26H,1-2,11-15H2;(H,6,7)/i5D,6D,7D,8D;. The third-order valence-corrected chi connectivity index (χ3v) is 5.22. The number of Topliss-reactive ketones (excluding diaryl/α,β-unsaturated/α-hetero) is 1. The van der Waals surface area contributed by atoms with Crippen LogP contribution in [0.15, 0.2) is 48.4 Å². The molecule has 180 valence electrons. The van der Waals surface area contributed by atoms with Crippen molar-refractivity contribution in [2.75, 3.05) is 19.6 Å². The number of ketones is 1. The Morgan fingerprint density at radius 3 is 2.09 bits per heavy atom. The van der Waals surface area contributed by atoms with Gasteiger partial charge in [-0.25, -0.2) is 9.18 Å². The summed E-state index contributed by atoms with van der Waals surface area (Å²) < 4.78 is 76.7. The van der Waals surface area contributed by atoms with Crippen molar-refractivity contribution in [1.29, 1.82) is 0 Å². The molecule has 2 aromatic carbocycles. The number of nitrogens with zero attached hydrogens (tertiary/aromatic N) is 1. The first-order valence-corrected chi connectivity index (χ1v) is 10.3. The van der Waals surface area contributed by atoms with E-state index in [1.807, 2.05) is 0 Å². The largest absolute Gasteiger partial charge is 0.490 e. The van der Waals surface area contributed by atoms with Crippen molar-refractivity contribution in [1.82, 2.24) is 4.90 Å². The summed E-state index contributed by atoms with van der Waals surface area (Å²) in [5.74, 6) is -3.18. The molecule has 0 radical (unpaired) electrons. The van der Waals surface area contributed by atoms with Crippen molar-refractivity contribution in [3.63, 3.8) is 0 Å². The Balaban J connectivity index is 0.000000604. The van der Waals surface area contributed by atoms with Crippen LogP contribution >= 0.6 is 11.6 Å². The molecule has 5 nitrogen and oxygen atoms in total. The van der Waals surface area contributed by atoms with E-state index in [2.05, 4.69) is 4.90 Å². The average molecular weight is 494 g/mol. The lowest BCUT2D eigenvalue weighted by Gasteiger charge is -2.38. The van der Waals surface area contributed by atoms with Gasteiger partial charge in [-0.1, -0.05) is 23.7 Å². The maximum absolute atomic E-state index is 13.0. The number of carboxylic acids is 1. The van der Waals surface area contributed by atoms with E-state index in [-0.39, 0.29) is 59.2 Å². The third kappa shape index (κ3) is 8.42. The molecule has 1 heterocycles. The van der Waals surface area contributed by atoms with Crippen molar-refractivity contribution < 1.29 is 42.8 Å². The van der Waals surface area contributed by atoms with Crippen molar-refractivity contribution >= 4 is 23.4 Å². The summed E-state index contributed by atoms with van der Waals surface area (Å²) in [6, 6.07) is 4.18. The van der Waals surface area contributed by atoms with E-state index in [1.165, 1.54) is 24.3 Å². The van der Waals surface area contributed by atoms with Crippen molar-refractivity contribution in [3.8, 4) is 0 Å². The lowest BCUT2D eigenvalue weighted by Crippen LogP contribution is -2.42. The Labute approximate surface area is 199 Å². The van der Waals surface area contributed by atoms with Gasteiger partial charge in [0.15, 0.2) is 5.78 Å². The number of carbonyl (C=O) groups is 2. The van der Waals surface area contributed by atoms with E-state index in [4.69, 9.17) is 27.0 Å². The van der Waals surface area contributed by atoms with Crippen molar-refractivity contribution in [2.45, 2.75) is 37.5 Å². The first kappa shape index (κ1) is 21.1. The fourth-order valence-corrected chi connectivity index (χ4v) is 3.26. The summed E-state index contributed by atoms with van der Waals surface area (Å²) in [5, 5.41) is 18.0. The van der Waals surface area contributed by atoms with Gasteiger partial charge in [-0.2, -0.15) is 13.2 Å². The lowest BCUT2D eigenvalue weighted by atomic mass is 9.84. The quantitative estimate of drug-likeness (QED) is 0.434. The van der Waals surface area contributed by atoms with Crippen LogP contribution < -0.4 is 0 Å². The molecule has 0 bridgehead atoms. The zero-order chi connectivity index (χ0) is 28.1. The Kier molecular flexibility index (Phi) is 7.39. The van der Waals surface area contributed by atoms with Crippen LogP contribution in [-0.4, -0.2) is 52.7 Å². The van der Waals surface area contributed by atoms with Crippen LogP contribution in [0.4, 0.5) is 17.6 Å². The first-order chi connectivity index (χ1) is 17.1. The van der Waals surface area contributed by atoms with Gasteiger partial charge in [0, 0.05) is 30.1 Å². The number of benzene rings is 2. The van der Waals surface area contributed by atoms with E-state index in [1.54, 1.807) is 0 Å². The molecule has 0 saturated carbocycles. The summed E-state index contributed by atoms with van der Waals surface area (Å²) in [4.78, 5) is 23.2. The first-order valence-electron chi connectivity index (χ1n) is 11.9. The van der Waals surface area contributed by atoms with Gasteiger partial charge in [0.25, 0.3) is 0 Å². The second-order valence-corrected chi connectivity index (χ2v) is 7.78. The minimum Gasteiger partial charge on any atom is -0.475 e. The number of halogens is 5. The summed E-state index contributed by atoms with van der Waals surface area (Å²) in [6.07, 6.45) is -3.60. The molecule has 33 heavy (non-hydrogen) atoms. The number of aliphatic carboxylic acids is 1. The van der Waals surface area contributed by atoms with E-state index in [0.29, 0.717) is 38.0 Å². The molecule has 0 atom stereocenters. The van der Waals surface area contributed by atoms with Crippen LogP contribution in [0.2, 0.25) is 5.02 Å². The molecule has 0 unspecified atom stereocenters. The second-order valence-electron chi connectivity index (χ2n) is 7.40. The highest BCUT2D eigenvalue weighted by Crippen LogP contribution is 2.33. The number of hydrogen-bond donors (Lipinski definition) is 2. The van der Waals surface area contributed by atoms with E-state index in [0.717, 1.165) is 0 Å². The number of carbonyl (C=O) groups excluding carboxylic acids is 1. The SMILES string of the molecule is O=C(O)C(F)(F)F.[2H]c1c([2H])c(C2(O)CCN(CCCC(=O)c3ccc(F)cc3)CC2)c([2H])c([2H])c1Cl. The molecule has 1 aliphatic heterocycles. The van der Waals surface area contributed by atoms with E-state index in [9.17, 15) is 27.5 Å². The smallest absolute Gasteiger partial charge is 0.475 e. The van der Waals surface area contributed by atoms with Crippen LogP contribution in [0.1, 0.15) is 47.1 Å². The van der Waals surface area contributed by atoms with E-state index >= 15 is 0 Å². The van der Waals surface area contributed by atoms with Crippen LogP contribution in [0.5, 0.6) is 0 Å². The molecular formula is C23H24ClF4NO4. The molecule has 0 aromatic heterocycles. The summed E-state index contributed by atoms with van der Waals surface area (Å²) >= 11 is 5.85. The summed E-state index contributed by atoms with van der Waals surface area (Å²) in [6.45, 7) is 1.66. The number of piperidine rings is 1. The monoisotopic (exact) mass is 493 g/mol. The van der Waals surface area contributed by atoms with E-state index < -0.39 is 17.7 Å². The maximum atomic E-state index is 13.0. The van der Waals surface area contributed by atoms with Crippen LogP contribution in [-0.2, 0) is 10.4 Å². The van der Waals surface area contributed by atoms with Crippen LogP contribution in [0.25, 0.3) is 0 Å². The van der Waals surface area contributed by atoms with Gasteiger partial charge < -0.3 is 15.1 Å². The van der Waals surface area contributed by atoms with Crippen LogP contribution in [0, 0.1) is 5.82 Å². The number of alkyl halides is 3. The van der Waals surface area contributed by atoms with Gasteiger partial charge in [-0.3, -0.25) is 4.79 Å². The predicted octanol–water partition coefficient (Wildman–Crippen LogP) is 5.06. The molecule has 0 spiro atoms. The summed E-state index contributed by atoms with van der Waals surface area (Å²) in [7, 11) is 0. The van der Waals surface area contributed by atoms with Crippen molar-refractivity contribution in [2.24, 2.45) is 0 Å². The average Bonchev–Trinajstić information content (AvgIpc) is 2.83. The normalized spacial score (nSPS) is 17.6. The molecule has 2 N–H and O–H groups in total. The van der Waals surface area contributed by atoms with Gasteiger partial charge >= 0.3 is 12.1 Å². The summed E-state index contributed by atoms with van der Waals surface area (Å²) in [5.41, 5.74) is -0.978. The number of rotatable bonds is 6. The molecule has 3 rings (SSSR count). The Hall–Kier alpha value is -2.49. The highest BCUT2D eigenvalue weighted by atomic mass is 35.5. The van der Waals surface area contributed by atoms with Gasteiger partial charge in [0.05, 0.1) is 11.1 Å². The van der Waals surface area contributed by atoms with Gasteiger partial charge in [0.1, 0.15) is 5.82 Å². The van der Waals surface area contributed by atoms with Gasteiger partial charge in [0.2, 0.25) is 0 Å². The highest BCUT2D eigenvalue weighted by molar-refractivity contribution is 6.30. The fraction of sp³-hybridized carbons (Fsp3) is 0.391. The predicted molar refractivity (Wildman–Crippen MR) is 115 cm³/mol. The Bertz CT molecular complexity index is 1110. The molecule has 1 saturated heterocycles. The molecule has 2 aromatic rings. The maximum Gasteiger partial charge on any atom is 0.490 e. The number of hydrogen-bond acceptors (Lipinski definition) is 4. The minimum absolute atomic E-state index is 0.00645. The molecular weight excluding hydrogens is 466 g/mol. The van der Waals surface area contributed by atoms with Gasteiger partial charge in [-0.05, 0) is 67.7 Å². The second kappa shape index (κ2) is 11.6. The lowest BCUT2D eigenvalue weighted by molar-refractivity contribution is -0.192. The zero-order valence-corrected chi connectivity index (χ0v) is 18.1. The number of likely N-dealkylation sites (tertiary alicyclic amines) is 1.